The van der Waals surface area contributed by atoms with Crippen LogP contribution in [0.3, 0.4) is 0 Å². The van der Waals surface area contributed by atoms with Crippen LogP contribution in [0, 0.1) is 0 Å². The van der Waals surface area contributed by atoms with Crippen molar-refractivity contribution in [2.45, 2.75) is 38.5 Å². The van der Waals surface area contributed by atoms with Crippen molar-refractivity contribution in [1.29, 1.82) is 0 Å². The molecule has 1 saturated heterocycles. The van der Waals surface area contributed by atoms with Crippen LogP contribution in [0.25, 0.3) is 0 Å². The third-order valence-electron chi connectivity index (χ3n) is 4.59. The maximum absolute atomic E-state index is 12.8. The third-order valence-corrected chi connectivity index (χ3v) is 4.59. The summed E-state index contributed by atoms with van der Waals surface area (Å²) in [6.45, 7) is 2.83. The van der Waals surface area contributed by atoms with E-state index < -0.39 is 0 Å². The van der Waals surface area contributed by atoms with Crippen molar-refractivity contribution in [1.82, 2.24) is 0 Å². The van der Waals surface area contributed by atoms with E-state index in [0.29, 0.717) is 6.42 Å². The lowest BCUT2D eigenvalue weighted by molar-refractivity contribution is -0.118. The summed E-state index contributed by atoms with van der Waals surface area (Å²) in [7, 11) is 0. The number of anilines is 2. The number of rotatable bonds is 6. The molecule has 130 valence electrons. The van der Waals surface area contributed by atoms with Gasteiger partial charge in [-0.05, 0) is 36.6 Å². The zero-order chi connectivity index (χ0) is 17.6. The number of amides is 2. The van der Waals surface area contributed by atoms with Crippen LogP contribution in [0.5, 0.6) is 0 Å². The highest BCUT2D eigenvalue weighted by Gasteiger charge is 2.23. The predicted octanol–water partition coefficient (Wildman–Crippen LogP) is 4.34. The molecule has 1 fully saturated rings. The van der Waals surface area contributed by atoms with E-state index in [0.717, 1.165) is 42.7 Å². The summed E-state index contributed by atoms with van der Waals surface area (Å²) in [4.78, 5) is 26.5. The first-order valence-corrected chi connectivity index (χ1v) is 8.95. The van der Waals surface area contributed by atoms with E-state index in [2.05, 4.69) is 12.2 Å². The summed E-state index contributed by atoms with van der Waals surface area (Å²) in [6, 6.07) is 17.4. The molecule has 0 saturated carbocycles. The van der Waals surface area contributed by atoms with Gasteiger partial charge in [-0.25, -0.2) is 0 Å². The Labute approximate surface area is 148 Å². The molecule has 1 N–H and O–H groups in total. The van der Waals surface area contributed by atoms with E-state index in [-0.39, 0.29) is 17.7 Å². The Morgan fingerprint density at radius 1 is 1.16 bits per heavy atom. The summed E-state index contributed by atoms with van der Waals surface area (Å²) in [5.41, 5.74) is 2.62. The average molecular weight is 336 g/mol. The summed E-state index contributed by atoms with van der Waals surface area (Å²) >= 11 is 0. The molecule has 0 spiro atoms. The first-order valence-electron chi connectivity index (χ1n) is 8.95. The first-order chi connectivity index (χ1) is 12.2. The lowest BCUT2D eigenvalue weighted by atomic mass is 9.93. The standard InChI is InChI=1S/C21H24N2O2/c1-2-8-19(16-9-4-3-5-10-16)21(25)22-17-11-6-12-18(15-17)23-14-7-13-20(23)24/h3-6,9-12,15,19H,2,7-8,13-14H2,1H3,(H,22,25). The molecule has 25 heavy (non-hydrogen) atoms. The Hall–Kier alpha value is -2.62. The van der Waals surface area contributed by atoms with Crippen LogP contribution in [0.4, 0.5) is 11.4 Å². The minimum atomic E-state index is -0.164. The van der Waals surface area contributed by atoms with Crippen LogP contribution in [0.1, 0.15) is 44.1 Å². The molecular formula is C21H24N2O2. The van der Waals surface area contributed by atoms with Crippen molar-refractivity contribution in [2.75, 3.05) is 16.8 Å². The number of carbonyl (C=O) groups is 2. The Morgan fingerprint density at radius 3 is 2.64 bits per heavy atom. The van der Waals surface area contributed by atoms with E-state index in [4.69, 9.17) is 0 Å². The van der Waals surface area contributed by atoms with Gasteiger partial charge in [-0.15, -0.1) is 0 Å². The van der Waals surface area contributed by atoms with Gasteiger partial charge in [-0.3, -0.25) is 9.59 Å². The molecule has 4 nitrogen and oxygen atoms in total. The Kier molecular flexibility index (Phi) is 5.49. The fraction of sp³-hybridized carbons (Fsp3) is 0.333. The molecule has 0 radical (unpaired) electrons. The van der Waals surface area contributed by atoms with Crippen LogP contribution in [-0.4, -0.2) is 18.4 Å². The van der Waals surface area contributed by atoms with Gasteiger partial charge < -0.3 is 10.2 Å². The zero-order valence-corrected chi connectivity index (χ0v) is 14.6. The van der Waals surface area contributed by atoms with Gasteiger partial charge in [0.1, 0.15) is 0 Å². The van der Waals surface area contributed by atoms with Crippen LogP contribution in [0.15, 0.2) is 54.6 Å². The van der Waals surface area contributed by atoms with Gasteiger partial charge in [0.25, 0.3) is 0 Å². The molecule has 2 aromatic rings. The van der Waals surface area contributed by atoms with Gasteiger partial charge in [0.15, 0.2) is 0 Å². The van der Waals surface area contributed by atoms with E-state index in [1.54, 1.807) is 4.90 Å². The third kappa shape index (κ3) is 4.08. The van der Waals surface area contributed by atoms with Gasteiger partial charge in [0.05, 0.1) is 5.92 Å². The predicted molar refractivity (Wildman–Crippen MR) is 101 cm³/mol. The maximum Gasteiger partial charge on any atom is 0.231 e. The van der Waals surface area contributed by atoms with Gasteiger partial charge in [0, 0.05) is 24.3 Å². The smallest absolute Gasteiger partial charge is 0.231 e. The van der Waals surface area contributed by atoms with Crippen molar-refractivity contribution < 1.29 is 9.59 Å². The van der Waals surface area contributed by atoms with E-state index in [9.17, 15) is 9.59 Å². The van der Waals surface area contributed by atoms with Gasteiger partial charge in [-0.2, -0.15) is 0 Å². The topological polar surface area (TPSA) is 49.4 Å². The molecule has 0 aromatic heterocycles. The second kappa shape index (κ2) is 7.97. The van der Waals surface area contributed by atoms with Gasteiger partial charge >= 0.3 is 0 Å². The molecular weight excluding hydrogens is 312 g/mol. The van der Waals surface area contributed by atoms with E-state index in [1.165, 1.54) is 0 Å². The Morgan fingerprint density at radius 2 is 1.96 bits per heavy atom. The molecule has 0 bridgehead atoms. The summed E-state index contributed by atoms with van der Waals surface area (Å²) in [6.07, 6.45) is 3.24. The zero-order valence-electron chi connectivity index (χ0n) is 14.6. The number of benzene rings is 2. The summed E-state index contributed by atoms with van der Waals surface area (Å²) < 4.78 is 0. The van der Waals surface area contributed by atoms with E-state index in [1.807, 2.05) is 54.6 Å². The van der Waals surface area contributed by atoms with Crippen molar-refractivity contribution >= 4 is 23.2 Å². The quantitative estimate of drug-likeness (QED) is 0.853. The SMILES string of the molecule is CCCC(C(=O)Nc1cccc(N2CCCC2=O)c1)c1ccccc1. The first kappa shape index (κ1) is 17.2. The lowest BCUT2D eigenvalue weighted by Crippen LogP contribution is -2.24. The minimum absolute atomic E-state index is 0.00190. The summed E-state index contributed by atoms with van der Waals surface area (Å²) in [5, 5.41) is 3.03. The maximum atomic E-state index is 12.8. The van der Waals surface area contributed by atoms with Crippen LogP contribution in [-0.2, 0) is 9.59 Å². The molecule has 1 aliphatic rings. The fourth-order valence-electron chi connectivity index (χ4n) is 3.33. The van der Waals surface area contributed by atoms with E-state index >= 15 is 0 Å². The number of nitrogens with one attached hydrogen (secondary N) is 1. The molecule has 1 heterocycles. The van der Waals surface area contributed by atoms with Gasteiger partial charge in [0.2, 0.25) is 11.8 Å². The number of carbonyl (C=O) groups excluding carboxylic acids is 2. The Balaban J connectivity index is 1.76. The fourth-order valence-corrected chi connectivity index (χ4v) is 3.33. The van der Waals surface area contributed by atoms with Crippen LogP contribution >= 0.6 is 0 Å². The molecule has 0 aliphatic carbocycles. The second-order valence-corrected chi connectivity index (χ2v) is 6.44. The highest BCUT2D eigenvalue weighted by atomic mass is 16.2. The van der Waals surface area contributed by atoms with Crippen LogP contribution < -0.4 is 10.2 Å². The number of nitrogens with zero attached hydrogens (tertiary/aromatic N) is 1. The molecule has 4 heteroatoms. The van der Waals surface area contributed by atoms with Crippen molar-refractivity contribution in [2.24, 2.45) is 0 Å². The normalized spacial score (nSPS) is 15.2. The van der Waals surface area contributed by atoms with Crippen molar-refractivity contribution in [3.8, 4) is 0 Å². The number of hydrogen-bond donors (Lipinski definition) is 1. The minimum Gasteiger partial charge on any atom is -0.325 e. The van der Waals surface area contributed by atoms with Crippen LogP contribution in [0.2, 0.25) is 0 Å². The molecule has 2 aromatic carbocycles. The highest BCUT2D eigenvalue weighted by Crippen LogP contribution is 2.27. The summed E-state index contributed by atoms with van der Waals surface area (Å²) in [5.74, 6) is -0.0159. The highest BCUT2D eigenvalue weighted by molar-refractivity contribution is 5.98. The van der Waals surface area contributed by atoms with Gasteiger partial charge in [-0.1, -0.05) is 49.7 Å². The lowest BCUT2D eigenvalue weighted by Gasteiger charge is -2.19. The average Bonchev–Trinajstić information content (AvgIpc) is 3.06. The molecule has 2 amide bonds. The number of hydrogen-bond acceptors (Lipinski definition) is 2. The Bertz CT molecular complexity index is 743. The molecule has 1 aliphatic heterocycles. The second-order valence-electron chi connectivity index (χ2n) is 6.44. The largest absolute Gasteiger partial charge is 0.325 e. The monoisotopic (exact) mass is 336 g/mol. The van der Waals surface area contributed by atoms with Crippen molar-refractivity contribution in [3.63, 3.8) is 0 Å². The molecule has 3 rings (SSSR count). The molecule has 1 atom stereocenters. The van der Waals surface area contributed by atoms with Crippen molar-refractivity contribution in [3.05, 3.63) is 60.2 Å². The molecule has 1 unspecified atom stereocenters.